The zero-order chi connectivity index (χ0) is 12.7. The number of halogens is 1. The van der Waals surface area contributed by atoms with Crippen LogP contribution in [0.5, 0.6) is 0 Å². The van der Waals surface area contributed by atoms with Crippen molar-refractivity contribution in [1.82, 2.24) is 0 Å². The fourth-order valence-electron chi connectivity index (χ4n) is 1.80. The summed E-state index contributed by atoms with van der Waals surface area (Å²) in [7, 11) is 0. The summed E-state index contributed by atoms with van der Waals surface area (Å²) >= 11 is 5.98. The van der Waals surface area contributed by atoms with Gasteiger partial charge in [-0.25, -0.2) is 0 Å². The molecule has 17 heavy (non-hydrogen) atoms. The standard InChI is InChI=1S/C14H22ClNO/c1-3-4-5-9-17-14(11(2)16)12-7-6-8-13(15)10-12/h6-8,10-11,14H,3-5,9,16H2,1-2H3. The third-order valence-electron chi connectivity index (χ3n) is 2.70. The van der Waals surface area contributed by atoms with E-state index in [2.05, 4.69) is 6.92 Å². The minimum atomic E-state index is -0.0643. The van der Waals surface area contributed by atoms with Gasteiger partial charge in [0.05, 0.1) is 6.10 Å². The Morgan fingerprint density at radius 1 is 1.35 bits per heavy atom. The van der Waals surface area contributed by atoms with Crippen molar-refractivity contribution in [2.75, 3.05) is 6.61 Å². The highest BCUT2D eigenvalue weighted by Gasteiger charge is 2.16. The van der Waals surface area contributed by atoms with Gasteiger partial charge in [-0.1, -0.05) is 43.5 Å². The van der Waals surface area contributed by atoms with Crippen LogP contribution in [0.1, 0.15) is 44.8 Å². The van der Waals surface area contributed by atoms with E-state index in [1.165, 1.54) is 12.8 Å². The summed E-state index contributed by atoms with van der Waals surface area (Å²) in [6.07, 6.45) is 3.41. The van der Waals surface area contributed by atoms with Crippen LogP contribution in [0.15, 0.2) is 24.3 Å². The minimum Gasteiger partial charge on any atom is -0.372 e. The SMILES string of the molecule is CCCCCOC(c1cccc(Cl)c1)C(C)N. The molecule has 0 radical (unpaired) electrons. The van der Waals surface area contributed by atoms with E-state index < -0.39 is 0 Å². The van der Waals surface area contributed by atoms with E-state index >= 15 is 0 Å². The highest BCUT2D eigenvalue weighted by Crippen LogP contribution is 2.23. The largest absolute Gasteiger partial charge is 0.372 e. The van der Waals surface area contributed by atoms with E-state index in [0.29, 0.717) is 0 Å². The second kappa shape index (κ2) is 7.70. The van der Waals surface area contributed by atoms with Crippen molar-refractivity contribution >= 4 is 11.6 Å². The molecule has 0 spiro atoms. The number of nitrogens with two attached hydrogens (primary N) is 1. The van der Waals surface area contributed by atoms with Gasteiger partial charge in [-0.05, 0) is 31.0 Å². The Morgan fingerprint density at radius 2 is 2.12 bits per heavy atom. The van der Waals surface area contributed by atoms with Crippen LogP contribution in [0.4, 0.5) is 0 Å². The molecule has 1 aromatic rings. The fraction of sp³-hybridized carbons (Fsp3) is 0.571. The molecule has 0 aromatic heterocycles. The highest BCUT2D eigenvalue weighted by molar-refractivity contribution is 6.30. The number of rotatable bonds is 7. The van der Waals surface area contributed by atoms with Crippen LogP contribution in [-0.2, 0) is 4.74 Å². The first kappa shape index (κ1) is 14.5. The maximum absolute atomic E-state index is 5.98. The normalized spacial score (nSPS) is 14.6. The summed E-state index contributed by atoms with van der Waals surface area (Å²) in [5, 5.41) is 0.727. The van der Waals surface area contributed by atoms with Crippen LogP contribution in [0.25, 0.3) is 0 Å². The molecule has 2 nitrogen and oxygen atoms in total. The third kappa shape index (κ3) is 5.07. The van der Waals surface area contributed by atoms with Crippen LogP contribution in [-0.4, -0.2) is 12.6 Å². The Hall–Kier alpha value is -0.570. The molecule has 3 heteroatoms. The van der Waals surface area contributed by atoms with Gasteiger partial charge in [0.1, 0.15) is 0 Å². The summed E-state index contributed by atoms with van der Waals surface area (Å²) in [5.41, 5.74) is 7.02. The summed E-state index contributed by atoms with van der Waals surface area (Å²) in [6.45, 7) is 4.90. The van der Waals surface area contributed by atoms with Crippen LogP contribution < -0.4 is 5.73 Å². The molecule has 96 valence electrons. The van der Waals surface area contributed by atoms with E-state index in [4.69, 9.17) is 22.1 Å². The van der Waals surface area contributed by atoms with Gasteiger partial charge in [0.2, 0.25) is 0 Å². The van der Waals surface area contributed by atoms with Crippen molar-refractivity contribution in [3.8, 4) is 0 Å². The Balaban J connectivity index is 2.59. The molecule has 0 heterocycles. The lowest BCUT2D eigenvalue weighted by Gasteiger charge is -2.22. The molecule has 2 unspecified atom stereocenters. The van der Waals surface area contributed by atoms with Crippen molar-refractivity contribution in [2.45, 2.75) is 45.3 Å². The van der Waals surface area contributed by atoms with Crippen molar-refractivity contribution in [3.05, 3.63) is 34.9 Å². The minimum absolute atomic E-state index is 0.0323. The van der Waals surface area contributed by atoms with E-state index in [9.17, 15) is 0 Å². The molecule has 0 bridgehead atoms. The van der Waals surface area contributed by atoms with Gasteiger partial charge < -0.3 is 10.5 Å². The number of hydrogen-bond donors (Lipinski definition) is 1. The molecule has 1 rings (SSSR count). The van der Waals surface area contributed by atoms with Crippen LogP contribution in [0.3, 0.4) is 0 Å². The third-order valence-corrected chi connectivity index (χ3v) is 2.94. The predicted octanol–water partition coefficient (Wildman–Crippen LogP) is 3.94. The van der Waals surface area contributed by atoms with Crippen molar-refractivity contribution in [1.29, 1.82) is 0 Å². The van der Waals surface area contributed by atoms with Gasteiger partial charge in [-0.15, -0.1) is 0 Å². The summed E-state index contributed by atoms with van der Waals surface area (Å²) < 4.78 is 5.86. The Labute approximate surface area is 109 Å². The fourth-order valence-corrected chi connectivity index (χ4v) is 2.00. The first-order valence-corrected chi connectivity index (χ1v) is 6.65. The molecule has 0 aliphatic rings. The molecule has 0 saturated carbocycles. The second-order valence-electron chi connectivity index (χ2n) is 4.41. The highest BCUT2D eigenvalue weighted by atomic mass is 35.5. The molecular weight excluding hydrogens is 234 g/mol. The topological polar surface area (TPSA) is 35.2 Å². The number of benzene rings is 1. The average molecular weight is 256 g/mol. The van der Waals surface area contributed by atoms with Crippen molar-refractivity contribution in [2.24, 2.45) is 5.73 Å². The Morgan fingerprint density at radius 3 is 2.71 bits per heavy atom. The molecule has 2 N–H and O–H groups in total. The Bertz CT molecular complexity index is 328. The predicted molar refractivity (Wildman–Crippen MR) is 73.3 cm³/mol. The molecule has 0 fully saturated rings. The monoisotopic (exact) mass is 255 g/mol. The second-order valence-corrected chi connectivity index (χ2v) is 4.85. The quantitative estimate of drug-likeness (QED) is 0.749. The number of ether oxygens (including phenoxy) is 1. The van der Waals surface area contributed by atoms with Gasteiger partial charge in [0, 0.05) is 17.7 Å². The van der Waals surface area contributed by atoms with Crippen LogP contribution in [0.2, 0.25) is 5.02 Å². The van der Waals surface area contributed by atoms with E-state index in [-0.39, 0.29) is 12.1 Å². The summed E-state index contributed by atoms with van der Waals surface area (Å²) in [4.78, 5) is 0. The Kier molecular flexibility index (Phi) is 6.56. The van der Waals surface area contributed by atoms with Gasteiger partial charge >= 0.3 is 0 Å². The zero-order valence-electron chi connectivity index (χ0n) is 10.7. The average Bonchev–Trinajstić information content (AvgIpc) is 2.28. The van der Waals surface area contributed by atoms with E-state index in [1.54, 1.807) is 0 Å². The molecule has 2 atom stereocenters. The van der Waals surface area contributed by atoms with Gasteiger partial charge in [-0.3, -0.25) is 0 Å². The number of hydrogen-bond acceptors (Lipinski definition) is 2. The smallest absolute Gasteiger partial charge is 0.0973 e. The lowest BCUT2D eigenvalue weighted by Crippen LogP contribution is -2.27. The van der Waals surface area contributed by atoms with E-state index in [1.807, 2.05) is 31.2 Å². The summed E-state index contributed by atoms with van der Waals surface area (Å²) in [5.74, 6) is 0. The molecule has 0 saturated heterocycles. The van der Waals surface area contributed by atoms with E-state index in [0.717, 1.165) is 23.6 Å². The van der Waals surface area contributed by atoms with Gasteiger partial charge in [0.15, 0.2) is 0 Å². The molecule has 0 aliphatic heterocycles. The maximum Gasteiger partial charge on any atom is 0.0973 e. The molecule has 1 aromatic carbocycles. The van der Waals surface area contributed by atoms with Crippen LogP contribution in [0, 0.1) is 0 Å². The molecule has 0 aliphatic carbocycles. The first-order chi connectivity index (χ1) is 8.15. The van der Waals surface area contributed by atoms with Crippen molar-refractivity contribution < 1.29 is 4.74 Å². The summed E-state index contributed by atoms with van der Waals surface area (Å²) in [6, 6.07) is 7.70. The lowest BCUT2D eigenvalue weighted by molar-refractivity contribution is 0.0360. The lowest BCUT2D eigenvalue weighted by atomic mass is 10.0. The maximum atomic E-state index is 5.98. The molecule has 0 amide bonds. The van der Waals surface area contributed by atoms with Gasteiger partial charge in [-0.2, -0.15) is 0 Å². The van der Waals surface area contributed by atoms with Crippen molar-refractivity contribution in [3.63, 3.8) is 0 Å². The van der Waals surface area contributed by atoms with Crippen LogP contribution >= 0.6 is 11.6 Å². The first-order valence-electron chi connectivity index (χ1n) is 6.27. The van der Waals surface area contributed by atoms with Gasteiger partial charge in [0.25, 0.3) is 0 Å². The zero-order valence-corrected chi connectivity index (χ0v) is 11.4. The number of unbranched alkanes of at least 4 members (excludes halogenated alkanes) is 2. The molecular formula is C14H22ClNO.